The number of aliphatic imine (C=N–C) groups is 1. The number of fused-ring (bicyclic) bond motifs is 1. The van der Waals surface area contributed by atoms with Gasteiger partial charge in [-0.2, -0.15) is 5.10 Å². The highest BCUT2D eigenvalue weighted by atomic mass is 32.1. The van der Waals surface area contributed by atoms with Crippen molar-refractivity contribution in [3.63, 3.8) is 0 Å². The molecular formula is C16H24N6S. The van der Waals surface area contributed by atoms with Crippen LogP contribution in [0.3, 0.4) is 0 Å². The van der Waals surface area contributed by atoms with Crippen molar-refractivity contribution in [2.24, 2.45) is 4.99 Å². The zero-order valence-electron chi connectivity index (χ0n) is 13.9. The van der Waals surface area contributed by atoms with E-state index in [4.69, 9.17) is 0 Å². The van der Waals surface area contributed by atoms with Gasteiger partial charge in [0, 0.05) is 30.9 Å². The SMILES string of the molecule is CN=C(NCC(C)c1cccs1)NC1CCCn2nc(C)nc21. The third kappa shape index (κ3) is 3.72. The summed E-state index contributed by atoms with van der Waals surface area (Å²) in [5.74, 6) is 3.14. The van der Waals surface area contributed by atoms with Gasteiger partial charge in [0.05, 0.1) is 6.04 Å². The van der Waals surface area contributed by atoms with Gasteiger partial charge in [-0.1, -0.05) is 13.0 Å². The molecule has 2 N–H and O–H groups in total. The number of thiophene rings is 1. The maximum absolute atomic E-state index is 4.56. The summed E-state index contributed by atoms with van der Waals surface area (Å²) in [7, 11) is 1.81. The second kappa shape index (κ2) is 7.12. The fourth-order valence-electron chi connectivity index (χ4n) is 2.89. The monoisotopic (exact) mass is 332 g/mol. The van der Waals surface area contributed by atoms with Crippen LogP contribution in [0.5, 0.6) is 0 Å². The summed E-state index contributed by atoms with van der Waals surface area (Å²) in [5, 5.41) is 13.5. The Kier molecular flexibility index (Phi) is 4.95. The second-order valence-corrected chi connectivity index (χ2v) is 6.93. The van der Waals surface area contributed by atoms with Gasteiger partial charge in [0.15, 0.2) is 5.96 Å². The molecule has 0 fully saturated rings. The van der Waals surface area contributed by atoms with Gasteiger partial charge in [0.25, 0.3) is 0 Å². The Morgan fingerprint density at radius 2 is 2.43 bits per heavy atom. The zero-order chi connectivity index (χ0) is 16.2. The number of guanidine groups is 1. The fraction of sp³-hybridized carbons (Fsp3) is 0.562. The molecule has 3 rings (SSSR count). The number of aromatic nitrogens is 3. The van der Waals surface area contributed by atoms with Gasteiger partial charge in [0.2, 0.25) is 0 Å². The normalized spacial score (nSPS) is 19.3. The smallest absolute Gasteiger partial charge is 0.191 e. The van der Waals surface area contributed by atoms with Crippen molar-refractivity contribution < 1.29 is 0 Å². The van der Waals surface area contributed by atoms with Crippen LogP contribution in [0.4, 0.5) is 0 Å². The third-order valence-electron chi connectivity index (χ3n) is 4.12. The Morgan fingerprint density at radius 1 is 1.57 bits per heavy atom. The van der Waals surface area contributed by atoms with Crippen LogP contribution in [0.15, 0.2) is 22.5 Å². The highest BCUT2D eigenvalue weighted by Gasteiger charge is 2.24. The van der Waals surface area contributed by atoms with Gasteiger partial charge in [-0.15, -0.1) is 11.3 Å². The van der Waals surface area contributed by atoms with E-state index in [0.29, 0.717) is 5.92 Å². The molecule has 124 valence electrons. The van der Waals surface area contributed by atoms with E-state index in [1.165, 1.54) is 4.88 Å². The average Bonchev–Trinajstić information content (AvgIpc) is 3.19. The van der Waals surface area contributed by atoms with E-state index >= 15 is 0 Å². The number of rotatable bonds is 4. The molecule has 1 aliphatic heterocycles. The molecule has 0 radical (unpaired) electrons. The molecule has 1 aliphatic rings. The molecule has 0 amide bonds. The van der Waals surface area contributed by atoms with Crippen LogP contribution in [0, 0.1) is 6.92 Å². The standard InChI is InChI=1S/C16H24N6S/c1-11(14-7-5-9-23-14)10-18-16(17-3)20-13-6-4-8-22-15(13)19-12(2)21-22/h5,7,9,11,13H,4,6,8,10H2,1-3H3,(H2,17,18,20). The maximum Gasteiger partial charge on any atom is 0.191 e. The molecular weight excluding hydrogens is 308 g/mol. The van der Waals surface area contributed by atoms with Gasteiger partial charge >= 0.3 is 0 Å². The van der Waals surface area contributed by atoms with Gasteiger partial charge in [-0.3, -0.25) is 4.99 Å². The first-order chi connectivity index (χ1) is 11.2. The van der Waals surface area contributed by atoms with Crippen molar-refractivity contribution in [2.75, 3.05) is 13.6 Å². The molecule has 0 spiro atoms. The molecule has 3 heterocycles. The summed E-state index contributed by atoms with van der Waals surface area (Å²) in [6, 6.07) is 4.45. The number of hydrogen-bond donors (Lipinski definition) is 2. The van der Waals surface area contributed by atoms with Crippen LogP contribution in [0.2, 0.25) is 0 Å². The molecule has 0 aliphatic carbocycles. The van der Waals surface area contributed by atoms with E-state index in [1.807, 2.05) is 18.7 Å². The van der Waals surface area contributed by atoms with Crippen LogP contribution in [0.25, 0.3) is 0 Å². The van der Waals surface area contributed by atoms with Crippen LogP contribution < -0.4 is 10.6 Å². The number of nitrogens with zero attached hydrogens (tertiary/aromatic N) is 4. The minimum absolute atomic E-state index is 0.174. The summed E-state index contributed by atoms with van der Waals surface area (Å²) < 4.78 is 2.01. The lowest BCUT2D eigenvalue weighted by Crippen LogP contribution is -2.42. The van der Waals surface area contributed by atoms with E-state index in [-0.39, 0.29) is 6.04 Å². The minimum atomic E-state index is 0.174. The average molecular weight is 332 g/mol. The molecule has 2 aromatic heterocycles. The van der Waals surface area contributed by atoms with Gasteiger partial charge < -0.3 is 10.6 Å². The Morgan fingerprint density at radius 3 is 3.17 bits per heavy atom. The Bertz CT molecular complexity index is 660. The van der Waals surface area contributed by atoms with Gasteiger partial charge in [-0.05, 0) is 31.2 Å². The van der Waals surface area contributed by atoms with E-state index in [1.54, 1.807) is 11.3 Å². The first kappa shape index (κ1) is 16.0. The Balaban J connectivity index is 1.60. The van der Waals surface area contributed by atoms with Crippen LogP contribution in [-0.2, 0) is 6.54 Å². The largest absolute Gasteiger partial charge is 0.356 e. The van der Waals surface area contributed by atoms with Crippen molar-refractivity contribution in [1.82, 2.24) is 25.4 Å². The van der Waals surface area contributed by atoms with Crippen molar-refractivity contribution in [1.29, 1.82) is 0 Å². The first-order valence-electron chi connectivity index (χ1n) is 8.09. The van der Waals surface area contributed by atoms with E-state index in [9.17, 15) is 0 Å². The van der Waals surface area contributed by atoms with Crippen molar-refractivity contribution in [3.8, 4) is 0 Å². The second-order valence-electron chi connectivity index (χ2n) is 5.95. The molecule has 7 heteroatoms. The molecule has 6 nitrogen and oxygen atoms in total. The Hall–Kier alpha value is -1.89. The maximum atomic E-state index is 4.56. The van der Waals surface area contributed by atoms with Gasteiger partial charge in [0.1, 0.15) is 11.6 Å². The number of hydrogen-bond acceptors (Lipinski definition) is 4. The van der Waals surface area contributed by atoms with E-state index in [0.717, 1.165) is 43.5 Å². The molecule has 0 saturated heterocycles. The highest BCUT2D eigenvalue weighted by Crippen LogP contribution is 2.23. The van der Waals surface area contributed by atoms with Crippen LogP contribution in [-0.4, -0.2) is 34.3 Å². The van der Waals surface area contributed by atoms with Crippen molar-refractivity contribution in [3.05, 3.63) is 34.0 Å². The molecule has 2 aromatic rings. The Labute approximate surface area is 141 Å². The number of nitrogens with one attached hydrogen (secondary N) is 2. The predicted octanol–water partition coefficient (Wildman–Crippen LogP) is 2.45. The first-order valence-corrected chi connectivity index (χ1v) is 8.97. The van der Waals surface area contributed by atoms with Crippen LogP contribution >= 0.6 is 11.3 Å². The topological polar surface area (TPSA) is 67.1 Å². The van der Waals surface area contributed by atoms with Crippen LogP contribution in [0.1, 0.15) is 48.3 Å². The molecule has 23 heavy (non-hydrogen) atoms. The lowest BCUT2D eigenvalue weighted by Gasteiger charge is -2.25. The molecule has 0 aromatic carbocycles. The van der Waals surface area contributed by atoms with Gasteiger partial charge in [-0.25, -0.2) is 9.67 Å². The third-order valence-corrected chi connectivity index (χ3v) is 5.22. The predicted molar refractivity (Wildman–Crippen MR) is 94.0 cm³/mol. The summed E-state index contributed by atoms with van der Waals surface area (Å²) >= 11 is 1.80. The molecule has 2 unspecified atom stereocenters. The molecule has 0 saturated carbocycles. The summed E-state index contributed by atoms with van der Waals surface area (Å²) in [4.78, 5) is 10.3. The highest BCUT2D eigenvalue weighted by molar-refractivity contribution is 7.10. The van der Waals surface area contributed by atoms with Crippen molar-refractivity contribution >= 4 is 17.3 Å². The zero-order valence-corrected chi connectivity index (χ0v) is 14.7. The lowest BCUT2D eigenvalue weighted by atomic mass is 10.1. The quantitative estimate of drug-likeness (QED) is 0.667. The van der Waals surface area contributed by atoms with E-state index in [2.05, 4.69) is 50.1 Å². The molecule has 2 atom stereocenters. The minimum Gasteiger partial charge on any atom is -0.356 e. The lowest BCUT2D eigenvalue weighted by molar-refractivity contribution is 0.397. The summed E-state index contributed by atoms with van der Waals surface area (Å²) in [6.45, 7) is 5.99. The van der Waals surface area contributed by atoms with Crippen molar-refractivity contribution in [2.45, 2.75) is 45.2 Å². The summed E-state index contributed by atoms with van der Waals surface area (Å²) in [6.07, 6.45) is 2.16. The fourth-order valence-corrected chi connectivity index (χ4v) is 3.67. The molecule has 0 bridgehead atoms. The summed E-state index contributed by atoms with van der Waals surface area (Å²) in [5.41, 5.74) is 0. The van der Waals surface area contributed by atoms with E-state index < -0.39 is 0 Å². The number of aryl methyl sites for hydroxylation is 2.